The lowest BCUT2D eigenvalue weighted by atomic mass is 10.1. The van der Waals surface area contributed by atoms with E-state index in [1.54, 1.807) is 84.9 Å². The van der Waals surface area contributed by atoms with Gasteiger partial charge < -0.3 is 14.2 Å². The van der Waals surface area contributed by atoms with Crippen LogP contribution in [0.25, 0.3) is 0 Å². The van der Waals surface area contributed by atoms with Crippen LogP contribution in [0.15, 0.2) is 84.9 Å². The molecule has 39 heavy (non-hydrogen) atoms. The van der Waals surface area contributed by atoms with Crippen LogP contribution in [-0.4, -0.2) is 41.1 Å². The number of fused-ring (bicyclic) bond motifs is 1. The van der Waals surface area contributed by atoms with Crippen LogP contribution in [0.3, 0.4) is 0 Å². The van der Waals surface area contributed by atoms with Crippen molar-refractivity contribution < 1.29 is 47.8 Å². The summed E-state index contributed by atoms with van der Waals surface area (Å²) in [6.45, 7) is 3.66. The van der Waals surface area contributed by atoms with Crippen molar-refractivity contribution in [3.63, 3.8) is 0 Å². The number of rotatable bonds is 2. The van der Waals surface area contributed by atoms with Crippen molar-refractivity contribution in [3.05, 3.63) is 107 Å². The summed E-state index contributed by atoms with van der Waals surface area (Å²) in [4.78, 5) is 73.7. The monoisotopic (exact) mass is 554 g/mol. The normalized spacial score (nSPS) is 10.4. The third kappa shape index (κ3) is 12.7. The third-order valence-corrected chi connectivity index (χ3v) is 4.04. The second kappa shape index (κ2) is 16.7. The number of carbonyl (C=O) groups is 7. The van der Waals surface area contributed by atoms with E-state index in [2.05, 4.69) is 21.1 Å². The summed E-state index contributed by atoms with van der Waals surface area (Å²) in [5, 5.41) is -0.361. The third-order valence-electron chi connectivity index (χ3n) is 4.04. The topological polar surface area (TPSA) is 147 Å². The first-order chi connectivity index (χ1) is 18.4. The minimum atomic E-state index is -0.639. The first-order valence-corrected chi connectivity index (χ1v) is 11.4. The molecular weight excluding hydrogens is 532 g/mol. The molecule has 0 aromatic heterocycles. The van der Waals surface area contributed by atoms with Crippen LogP contribution in [0.4, 0.5) is 0 Å². The molecule has 10 nitrogen and oxygen atoms in total. The maximum absolute atomic E-state index is 11.6. The van der Waals surface area contributed by atoms with Gasteiger partial charge in [-0.05, 0) is 48.0 Å². The van der Waals surface area contributed by atoms with Gasteiger partial charge in [0.15, 0.2) is 0 Å². The molecule has 1 aliphatic heterocycles. The average molecular weight is 555 g/mol. The first-order valence-electron chi connectivity index (χ1n) is 11.0. The van der Waals surface area contributed by atoms with Gasteiger partial charge in [-0.2, -0.15) is 0 Å². The van der Waals surface area contributed by atoms with Gasteiger partial charge >= 0.3 is 35.8 Å². The Morgan fingerprint density at radius 2 is 0.872 bits per heavy atom. The molecule has 0 N–H and O–H groups in total. The van der Waals surface area contributed by atoms with E-state index in [-0.39, 0.29) is 5.24 Å². The van der Waals surface area contributed by atoms with Gasteiger partial charge in [0.05, 0.1) is 22.3 Å². The molecule has 0 saturated heterocycles. The van der Waals surface area contributed by atoms with Gasteiger partial charge in [-0.1, -0.05) is 48.5 Å². The fourth-order valence-corrected chi connectivity index (χ4v) is 2.59. The standard InChI is InChI=1S/C14H10O3.C8H4O3.C4H6O3.C2H3ClO/c15-13(11-7-3-1-4-8-11)17-14(16)12-9-5-2-6-10-12;9-7-5-3-1-2-4-6(5)8(10)11-7;1-3(5)7-4(2)6;1-2(3)4/h1-10H;1-4H;1-2H3;1H3. The number of hydrogen-bond acceptors (Lipinski definition) is 10. The molecule has 11 heteroatoms. The van der Waals surface area contributed by atoms with Crippen molar-refractivity contribution >= 4 is 52.7 Å². The predicted octanol–water partition coefficient (Wildman–Crippen LogP) is 4.55. The highest BCUT2D eigenvalue weighted by molar-refractivity contribution is 6.62. The molecule has 0 fully saturated rings. The summed E-state index contributed by atoms with van der Waals surface area (Å²) in [6.07, 6.45) is 0. The van der Waals surface area contributed by atoms with Crippen molar-refractivity contribution in [2.45, 2.75) is 20.8 Å². The van der Waals surface area contributed by atoms with E-state index in [1.807, 2.05) is 0 Å². The molecule has 0 amide bonds. The van der Waals surface area contributed by atoms with Crippen LogP contribution in [0.1, 0.15) is 62.2 Å². The fraction of sp³-hybridized carbons (Fsp3) is 0.107. The molecule has 0 unspecified atom stereocenters. The molecular formula is C28H23ClO10. The number of halogens is 1. The van der Waals surface area contributed by atoms with Crippen LogP contribution in [0.5, 0.6) is 0 Å². The summed E-state index contributed by atoms with van der Waals surface area (Å²) in [5.41, 5.74) is 1.43. The Hall–Kier alpha value is -4.96. The van der Waals surface area contributed by atoms with Crippen LogP contribution >= 0.6 is 11.6 Å². The molecule has 0 bridgehead atoms. The van der Waals surface area contributed by atoms with E-state index in [4.69, 9.17) is 4.74 Å². The fourth-order valence-electron chi connectivity index (χ4n) is 2.59. The van der Waals surface area contributed by atoms with Gasteiger partial charge in [0, 0.05) is 20.8 Å². The van der Waals surface area contributed by atoms with E-state index < -0.39 is 35.8 Å². The average Bonchev–Trinajstić information content (AvgIpc) is 3.18. The molecule has 0 saturated carbocycles. The number of cyclic esters (lactones) is 2. The Bertz CT molecular complexity index is 1240. The first kappa shape index (κ1) is 32.1. The number of esters is 6. The Balaban J connectivity index is 0.000000296. The highest BCUT2D eigenvalue weighted by Crippen LogP contribution is 2.18. The van der Waals surface area contributed by atoms with E-state index in [0.717, 1.165) is 0 Å². The lowest BCUT2D eigenvalue weighted by Crippen LogP contribution is -2.12. The molecule has 1 aliphatic rings. The highest BCUT2D eigenvalue weighted by Gasteiger charge is 2.28. The Morgan fingerprint density at radius 1 is 0.564 bits per heavy atom. The van der Waals surface area contributed by atoms with Crippen LogP contribution in [-0.2, 0) is 28.6 Å². The summed E-state index contributed by atoms with van der Waals surface area (Å²) in [7, 11) is 0. The number of ether oxygens (including phenoxy) is 3. The molecule has 4 rings (SSSR count). The van der Waals surface area contributed by atoms with Gasteiger partial charge in [-0.3, -0.25) is 14.4 Å². The molecule has 3 aromatic carbocycles. The van der Waals surface area contributed by atoms with Gasteiger partial charge in [0.1, 0.15) is 0 Å². The zero-order chi connectivity index (χ0) is 29.4. The molecule has 0 radical (unpaired) electrons. The van der Waals surface area contributed by atoms with Crippen LogP contribution < -0.4 is 0 Å². The van der Waals surface area contributed by atoms with Gasteiger partial charge in [0.25, 0.3) is 0 Å². The van der Waals surface area contributed by atoms with Crippen molar-refractivity contribution in [3.8, 4) is 0 Å². The lowest BCUT2D eigenvalue weighted by Gasteiger charge is -2.02. The van der Waals surface area contributed by atoms with Crippen molar-refractivity contribution in [1.82, 2.24) is 0 Å². The smallest absolute Gasteiger partial charge is 0.346 e. The number of hydrogen-bond donors (Lipinski definition) is 0. The quantitative estimate of drug-likeness (QED) is 0.191. The molecule has 202 valence electrons. The zero-order valence-electron chi connectivity index (χ0n) is 21.0. The van der Waals surface area contributed by atoms with E-state index in [9.17, 15) is 33.6 Å². The van der Waals surface area contributed by atoms with Crippen LogP contribution in [0.2, 0.25) is 0 Å². The Labute approximate surface area is 228 Å². The maximum atomic E-state index is 11.6. The number of benzene rings is 3. The van der Waals surface area contributed by atoms with E-state index in [1.165, 1.54) is 20.8 Å². The zero-order valence-corrected chi connectivity index (χ0v) is 21.8. The van der Waals surface area contributed by atoms with Gasteiger partial charge in [0.2, 0.25) is 5.24 Å². The summed E-state index contributed by atoms with van der Waals surface area (Å²) >= 11 is 4.64. The lowest BCUT2D eigenvalue weighted by molar-refractivity contribution is -0.156. The van der Waals surface area contributed by atoms with E-state index in [0.29, 0.717) is 22.3 Å². The molecule has 0 spiro atoms. The van der Waals surface area contributed by atoms with Gasteiger partial charge in [-0.25, -0.2) is 19.2 Å². The van der Waals surface area contributed by atoms with E-state index >= 15 is 0 Å². The summed E-state index contributed by atoms with van der Waals surface area (Å²) < 4.78 is 13.1. The molecule has 0 atom stereocenters. The SMILES string of the molecule is CC(=O)Cl.CC(=O)OC(C)=O.O=C(OC(=O)c1ccccc1)c1ccccc1.O=C1OC(=O)c2ccccc21. The second-order valence-electron chi connectivity index (χ2n) is 7.19. The number of carbonyl (C=O) groups excluding carboxylic acids is 7. The second-order valence-corrected chi connectivity index (χ2v) is 7.72. The maximum Gasteiger partial charge on any atom is 0.346 e. The predicted molar refractivity (Wildman–Crippen MR) is 138 cm³/mol. The molecule has 1 heterocycles. The minimum absolute atomic E-state index is 0.358. The molecule has 0 aliphatic carbocycles. The molecule has 3 aromatic rings. The largest absolute Gasteiger partial charge is 0.394 e. The van der Waals surface area contributed by atoms with Crippen molar-refractivity contribution in [2.24, 2.45) is 0 Å². The highest BCUT2D eigenvalue weighted by atomic mass is 35.5. The summed E-state index contributed by atoms with van der Waals surface area (Å²) in [6, 6.07) is 23.3. The van der Waals surface area contributed by atoms with Crippen molar-refractivity contribution in [1.29, 1.82) is 0 Å². The van der Waals surface area contributed by atoms with Gasteiger partial charge in [-0.15, -0.1) is 0 Å². The Morgan fingerprint density at radius 3 is 1.15 bits per heavy atom. The van der Waals surface area contributed by atoms with Crippen LogP contribution in [0, 0.1) is 0 Å². The van der Waals surface area contributed by atoms with Crippen molar-refractivity contribution in [2.75, 3.05) is 0 Å². The minimum Gasteiger partial charge on any atom is -0.394 e. The summed E-state index contributed by atoms with van der Waals surface area (Å²) in [5.74, 6) is -3.50. The Kier molecular flexibility index (Phi) is 13.7.